The second-order valence-electron chi connectivity index (χ2n) is 6.53. The number of rotatable bonds is 10. The third kappa shape index (κ3) is 5.75. The smallest absolute Gasteiger partial charge is 0.0941 e. The minimum atomic E-state index is 1.000. The minimum absolute atomic E-state index is 1.000. The molecule has 1 heterocycles. The van der Waals surface area contributed by atoms with Crippen molar-refractivity contribution in [2.24, 2.45) is 0 Å². The van der Waals surface area contributed by atoms with Crippen molar-refractivity contribution in [3.05, 3.63) is 42.2 Å². The fourth-order valence-corrected chi connectivity index (χ4v) is 2.96. The number of unbranched alkanes of at least 4 members (excludes halogenated alkanes) is 7. The maximum absolute atomic E-state index is 2.43. The van der Waals surface area contributed by atoms with Gasteiger partial charge in [0.2, 0.25) is 0 Å². The van der Waals surface area contributed by atoms with Gasteiger partial charge in [0, 0.05) is 24.6 Å². The maximum atomic E-state index is 2.43. The Hall–Kier alpha value is -1.44. The molecule has 1 aromatic carbocycles. The Morgan fingerprint density at radius 3 is 2.14 bits per heavy atom. The van der Waals surface area contributed by atoms with Gasteiger partial charge in [-0.3, -0.25) is 0 Å². The van der Waals surface area contributed by atoms with Gasteiger partial charge in [0.05, 0.1) is 6.67 Å². The van der Waals surface area contributed by atoms with Crippen molar-refractivity contribution in [3.8, 4) is 0 Å². The summed E-state index contributed by atoms with van der Waals surface area (Å²) < 4.78 is 0. The largest absolute Gasteiger partial charge is 0.358 e. The lowest BCUT2D eigenvalue weighted by atomic mass is 10.1. The van der Waals surface area contributed by atoms with E-state index in [9.17, 15) is 0 Å². The Morgan fingerprint density at radius 2 is 1.45 bits per heavy atom. The summed E-state index contributed by atoms with van der Waals surface area (Å²) >= 11 is 0. The van der Waals surface area contributed by atoms with Crippen LogP contribution in [0.4, 0.5) is 5.69 Å². The highest BCUT2D eigenvalue weighted by Crippen LogP contribution is 2.20. The van der Waals surface area contributed by atoms with Gasteiger partial charge in [0.15, 0.2) is 0 Å². The molecule has 1 aliphatic heterocycles. The quantitative estimate of drug-likeness (QED) is 0.512. The number of nitrogens with zero attached hydrogens (tertiary/aromatic N) is 2. The summed E-state index contributed by atoms with van der Waals surface area (Å²) in [7, 11) is 0. The molecule has 2 heteroatoms. The number of aryl methyl sites for hydroxylation is 1. The van der Waals surface area contributed by atoms with E-state index < -0.39 is 0 Å². The lowest BCUT2D eigenvalue weighted by Crippen LogP contribution is -2.25. The molecule has 0 saturated heterocycles. The first-order valence-corrected chi connectivity index (χ1v) is 9.05. The SMILES string of the molecule is CCCCCCCCCCN1C=CN(c2ccc(C)cc2)C1. The molecule has 0 N–H and O–H groups in total. The van der Waals surface area contributed by atoms with Crippen LogP contribution in [0.3, 0.4) is 0 Å². The molecule has 0 spiro atoms. The average molecular weight is 300 g/mol. The van der Waals surface area contributed by atoms with Gasteiger partial charge in [-0.1, -0.05) is 69.6 Å². The van der Waals surface area contributed by atoms with Gasteiger partial charge in [-0.25, -0.2) is 0 Å². The lowest BCUT2D eigenvalue weighted by molar-refractivity contribution is 0.388. The van der Waals surface area contributed by atoms with E-state index in [4.69, 9.17) is 0 Å². The fourth-order valence-electron chi connectivity index (χ4n) is 2.96. The molecule has 0 radical (unpaired) electrons. The zero-order chi connectivity index (χ0) is 15.6. The Labute approximate surface area is 136 Å². The molecule has 0 aromatic heterocycles. The average Bonchev–Trinajstić information content (AvgIpc) is 2.99. The molecule has 0 unspecified atom stereocenters. The molecule has 22 heavy (non-hydrogen) atoms. The van der Waals surface area contributed by atoms with Crippen molar-refractivity contribution in [1.29, 1.82) is 0 Å². The van der Waals surface area contributed by atoms with Gasteiger partial charge in [-0.15, -0.1) is 0 Å². The van der Waals surface area contributed by atoms with E-state index in [0.717, 1.165) is 6.67 Å². The molecule has 0 aliphatic carbocycles. The Bertz CT molecular complexity index is 436. The van der Waals surface area contributed by atoms with E-state index in [0.29, 0.717) is 0 Å². The molecule has 0 saturated carbocycles. The summed E-state index contributed by atoms with van der Waals surface area (Å²) in [6, 6.07) is 8.79. The molecule has 1 aliphatic rings. The lowest BCUT2D eigenvalue weighted by Gasteiger charge is -2.21. The van der Waals surface area contributed by atoms with Crippen molar-refractivity contribution in [2.45, 2.75) is 65.2 Å². The normalized spacial score (nSPS) is 14.1. The molecule has 2 rings (SSSR count). The predicted octanol–water partition coefficient (Wildman–Crippen LogP) is 5.69. The molecule has 0 bridgehead atoms. The summed E-state index contributed by atoms with van der Waals surface area (Å²) in [5, 5.41) is 0. The standard InChI is InChI=1S/C20H32N2/c1-3-4-5-6-7-8-9-10-15-21-16-17-22(18-21)20-13-11-19(2)12-14-20/h11-14,16-17H,3-10,15,18H2,1-2H3. The summed E-state index contributed by atoms with van der Waals surface area (Å²) in [5.74, 6) is 0. The third-order valence-corrected chi connectivity index (χ3v) is 4.46. The zero-order valence-electron chi connectivity index (χ0n) is 14.4. The highest BCUT2D eigenvalue weighted by molar-refractivity contribution is 5.51. The van der Waals surface area contributed by atoms with Crippen LogP contribution in [0.1, 0.15) is 63.9 Å². The van der Waals surface area contributed by atoms with Crippen LogP contribution in [-0.4, -0.2) is 18.1 Å². The summed E-state index contributed by atoms with van der Waals surface area (Å²) in [5.41, 5.74) is 2.61. The topological polar surface area (TPSA) is 6.48 Å². The Balaban J connectivity index is 1.55. The molecule has 0 atom stereocenters. The molecule has 0 fully saturated rings. The monoisotopic (exact) mass is 300 g/mol. The molecular formula is C20H32N2. The van der Waals surface area contributed by atoms with Gasteiger partial charge < -0.3 is 9.80 Å². The van der Waals surface area contributed by atoms with Crippen LogP contribution >= 0.6 is 0 Å². The van der Waals surface area contributed by atoms with Gasteiger partial charge in [0.1, 0.15) is 0 Å². The highest BCUT2D eigenvalue weighted by Gasteiger charge is 2.12. The molecule has 2 nitrogen and oxygen atoms in total. The second-order valence-corrected chi connectivity index (χ2v) is 6.53. The molecule has 0 amide bonds. The maximum Gasteiger partial charge on any atom is 0.0941 e. The third-order valence-electron chi connectivity index (χ3n) is 4.46. The van der Waals surface area contributed by atoms with Crippen LogP contribution in [0, 0.1) is 6.92 Å². The van der Waals surface area contributed by atoms with Crippen molar-refractivity contribution in [1.82, 2.24) is 4.90 Å². The first-order valence-electron chi connectivity index (χ1n) is 9.05. The first-order chi connectivity index (χ1) is 10.8. The first kappa shape index (κ1) is 16.9. The summed E-state index contributed by atoms with van der Waals surface area (Å²) in [6.07, 6.45) is 15.6. The molecule has 1 aromatic rings. The van der Waals surface area contributed by atoms with E-state index in [-0.39, 0.29) is 0 Å². The van der Waals surface area contributed by atoms with Crippen LogP contribution in [0.2, 0.25) is 0 Å². The zero-order valence-corrected chi connectivity index (χ0v) is 14.4. The van der Waals surface area contributed by atoms with Gasteiger partial charge in [-0.2, -0.15) is 0 Å². The van der Waals surface area contributed by atoms with Crippen LogP contribution in [0.25, 0.3) is 0 Å². The van der Waals surface area contributed by atoms with Gasteiger partial charge in [0.25, 0.3) is 0 Å². The number of hydrogen-bond donors (Lipinski definition) is 0. The highest BCUT2D eigenvalue weighted by atomic mass is 15.3. The van der Waals surface area contributed by atoms with E-state index in [1.807, 2.05) is 0 Å². The fraction of sp³-hybridized carbons (Fsp3) is 0.600. The number of anilines is 1. The van der Waals surface area contributed by atoms with Crippen LogP contribution in [-0.2, 0) is 0 Å². The van der Waals surface area contributed by atoms with E-state index in [2.05, 4.69) is 60.3 Å². The van der Waals surface area contributed by atoms with E-state index in [1.54, 1.807) is 0 Å². The summed E-state index contributed by atoms with van der Waals surface area (Å²) in [4.78, 5) is 4.75. The van der Waals surface area contributed by atoms with E-state index >= 15 is 0 Å². The van der Waals surface area contributed by atoms with Crippen molar-refractivity contribution in [3.63, 3.8) is 0 Å². The number of hydrogen-bond acceptors (Lipinski definition) is 2. The molecular weight excluding hydrogens is 268 g/mol. The minimum Gasteiger partial charge on any atom is -0.358 e. The van der Waals surface area contributed by atoms with Crippen LogP contribution < -0.4 is 4.90 Å². The second kappa shape index (κ2) is 9.55. The van der Waals surface area contributed by atoms with Crippen LogP contribution in [0.15, 0.2) is 36.7 Å². The Morgan fingerprint density at radius 1 is 0.818 bits per heavy atom. The van der Waals surface area contributed by atoms with Gasteiger partial charge in [-0.05, 0) is 25.5 Å². The predicted molar refractivity (Wildman–Crippen MR) is 97.0 cm³/mol. The van der Waals surface area contributed by atoms with Crippen molar-refractivity contribution >= 4 is 5.69 Å². The Kier molecular flexibility index (Phi) is 7.35. The summed E-state index contributed by atoms with van der Waals surface area (Å²) in [6.45, 7) is 6.61. The number of benzene rings is 1. The van der Waals surface area contributed by atoms with Crippen molar-refractivity contribution in [2.75, 3.05) is 18.1 Å². The van der Waals surface area contributed by atoms with E-state index in [1.165, 1.54) is 69.2 Å². The van der Waals surface area contributed by atoms with Crippen LogP contribution in [0.5, 0.6) is 0 Å². The van der Waals surface area contributed by atoms with Crippen molar-refractivity contribution < 1.29 is 0 Å². The van der Waals surface area contributed by atoms with Gasteiger partial charge >= 0.3 is 0 Å². The molecule has 122 valence electrons.